The van der Waals surface area contributed by atoms with Gasteiger partial charge in [-0.2, -0.15) is 0 Å². The molecule has 2 amide bonds. The number of hydrogen-bond donors (Lipinski definition) is 1. The van der Waals surface area contributed by atoms with E-state index in [2.05, 4.69) is 5.32 Å². The Morgan fingerprint density at radius 3 is 2.35 bits per heavy atom. The molecule has 0 aromatic heterocycles. The van der Waals surface area contributed by atoms with Crippen molar-refractivity contribution < 1.29 is 14.3 Å². The van der Waals surface area contributed by atoms with Gasteiger partial charge >= 0.3 is 0 Å². The van der Waals surface area contributed by atoms with E-state index in [1.807, 2.05) is 11.8 Å². The molecule has 23 heavy (non-hydrogen) atoms. The molecule has 1 heterocycles. The molecule has 5 heteroatoms. The van der Waals surface area contributed by atoms with Gasteiger partial charge in [-0.05, 0) is 32.1 Å². The predicted molar refractivity (Wildman–Crippen MR) is 87.9 cm³/mol. The van der Waals surface area contributed by atoms with Crippen LogP contribution in [0.5, 0.6) is 0 Å². The third kappa shape index (κ3) is 4.06. The molecule has 2 saturated carbocycles. The van der Waals surface area contributed by atoms with E-state index in [1.54, 1.807) is 0 Å². The zero-order valence-corrected chi connectivity index (χ0v) is 14.3. The maximum absolute atomic E-state index is 12.6. The van der Waals surface area contributed by atoms with Crippen LogP contribution in [-0.4, -0.2) is 48.1 Å². The fraction of sp³-hybridized carbons (Fsp3) is 0.889. The summed E-state index contributed by atoms with van der Waals surface area (Å²) in [6, 6.07) is 0.138. The fourth-order valence-corrected chi connectivity index (χ4v) is 3.71. The number of amides is 2. The molecule has 1 saturated heterocycles. The molecule has 1 unspecified atom stereocenters. The first-order valence-corrected chi connectivity index (χ1v) is 9.42. The Bertz CT molecular complexity index is 424. The van der Waals surface area contributed by atoms with Crippen molar-refractivity contribution >= 4 is 11.8 Å². The number of hydrogen-bond acceptors (Lipinski definition) is 3. The number of likely N-dealkylation sites (tertiary alicyclic amines) is 1. The third-order valence-corrected chi connectivity index (χ3v) is 5.57. The first kappa shape index (κ1) is 16.7. The molecule has 1 N–H and O–H groups in total. The first-order chi connectivity index (χ1) is 11.2. The van der Waals surface area contributed by atoms with E-state index in [0.29, 0.717) is 13.1 Å². The second kappa shape index (κ2) is 7.65. The molecule has 0 radical (unpaired) electrons. The zero-order valence-electron chi connectivity index (χ0n) is 14.3. The topological polar surface area (TPSA) is 58.6 Å². The monoisotopic (exact) mass is 322 g/mol. The van der Waals surface area contributed by atoms with Crippen LogP contribution in [0.15, 0.2) is 0 Å². The lowest BCUT2D eigenvalue weighted by Gasteiger charge is -2.42. The van der Waals surface area contributed by atoms with E-state index < -0.39 is 0 Å². The molecular formula is C18H30N2O3. The third-order valence-electron chi connectivity index (χ3n) is 5.57. The number of carbonyl (C=O) groups is 2. The van der Waals surface area contributed by atoms with Crippen molar-refractivity contribution in [3.63, 3.8) is 0 Å². The van der Waals surface area contributed by atoms with Crippen LogP contribution >= 0.6 is 0 Å². The predicted octanol–water partition coefficient (Wildman–Crippen LogP) is 2.24. The summed E-state index contributed by atoms with van der Waals surface area (Å²) in [7, 11) is 0. The van der Waals surface area contributed by atoms with Crippen LogP contribution in [0.2, 0.25) is 0 Å². The standard InChI is InChI=1S/C18H30N2O3/c1-2-16(23-15-9-4-3-5-10-15)18(22)20-11-14(12-20)19-17(21)13-7-6-8-13/h13-16H,2-12H2,1H3,(H,19,21). The Kier molecular flexibility index (Phi) is 5.57. The smallest absolute Gasteiger partial charge is 0.251 e. The van der Waals surface area contributed by atoms with Crippen molar-refractivity contribution in [2.45, 2.75) is 83.0 Å². The Morgan fingerprint density at radius 2 is 1.78 bits per heavy atom. The van der Waals surface area contributed by atoms with E-state index in [0.717, 1.165) is 32.1 Å². The maximum atomic E-state index is 12.6. The summed E-state index contributed by atoms with van der Waals surface area (Å²) in [6.45, 7) is 3.30. The molecule has 130 valence electrons. The van der Waals surface area contributed by atoms with Crippen LogP contribution < -0.4 is 5.32 Å². The second-order valence-corrected chi connectivity index (χ2v) is 7.37. The van der Waals surface area contributed by atoms with Gasteiger partial charge in [-0.15, -0.1) is 0 Å². The molecule has 2 aliphatic carbocycles. The van der Waals surface area contributed by atoms with Gasteiger partial charge in [0.15, 0.2) is 0 Å². The van der Waals surface area contributed by atoms with E-state index in [9.17, 15) is 9.59 Å². The fourth-order valence-electron chi connectivity index (χ4n) is 3.71. The van der Waals surface area contributed by atoms with E-state index in [1.165, 1.54) is 25.7 Å². The Balaban J connectivity index is 1.40. The minimum absolute atomic E-state index is 0.104. The number of nitrogens with one attached hydrogen (secondary N) is 1. The molecule has 0 spiro atoms. The molecule has 1 aliphatic heterocycles. The quantitative estimate of drug-likeness (QED) is 0.816. The van der Waals surface area contributed by atoms with Gasteiger partial charge in [-0.3, -0.25) is 9.59 Å². The number of ether oxygens (including phenoxy) is 1. The lowest BCUT2D eigenvalue weighted by molar-refractivity contribution is -0.155. The molecular weight excluding hydrogens is 292 g/mol. The normalized spacial score (nSPS) is 24.7. The van der Waals surface area contributed by atoms with Crippen molar-refractivity contribution in [1.29, 1.82) is 0 Å². The van der Waals surface area contributed by atoms with E-state index in [4.69, 9.17) is 4.74 Å². The highest BCUT2D eigenvalue weighted by Crippen LogP contribution is 2.27. The maximum Gasteiger partial charge on any atom is 0.251 e. The van der Waals surface area contributed by atoms with Gasteiger partial charge in [0.05, 0.1) is 12.1 Å². The number of nitrogens with zero attached hydrogens (tertiary/aromatic N) is 1. The Labute approximate surface area is 139 Å². The summed E-state index contributed by atoms with van der Waals surface area (Å²) in [4.78, 5) is 26.3. The highest BCUT2D eigenvalue weighted by Gasteiger charge is 2.37. The summed E-state index contributed by atoms with van der Waals surface area (Å²) in [6.07, 6.45) is 9.79. The molecule has 0 bridgehead atoms. The summed E-state index contributed by atoms with van der Waals surface area (Å²) >= 11 is 0. The van der Waals surface area contributed by atoms with Crippen LogP contribution in [0.4, 0.5) is 0 Å². The van der Waals surface area contributed by atoms with Crippen LogP contribution in [0.25, 0.3) is 0 Å². The minimum atomic E-state index is -0.304. The van der Waals surface area contributed by atoms with Gasteiger partial charge in [-0.1, -0.05) is 32.6 Å². The lowest BCUT2D eigenvalue weighted by Crippen LogP contribution is -2.63. The van der Waals surface area contributed by atoms with Gasteiger partial charge in [-0.25, -0.2) is 0 Å². The van der Waals surface area contributed by atoms with Crippen molar-refractivity contribution in [3.05, 3.63) is 0 Å². The van der Waals surface area contributed by atoms with Gasteiger partial charge in [0.1, 0.15) is 6.10 Å². The highest BCUT2D eigenvalue weighted by atomic mass is 16.5. The lowest BCUT2D eigenvalue weighted by atomic mass is 9.84. The van der Waals surface area contributed by atoms with E-state index >= 15 is 0 Å². The van der Waals surface area contributed by atoms with Crippen LogP contribution in [0.3, 0.4) is 0 Å². The summed E-state index contributed by atoms with van der Waals surface area (Å²) in [5, 5.41) is 3.07. The summed E-state index contributed by atoms with van der Waals surface area (Å²) in [5.74, 6) is 0.504. The van der Waals surface area contributed by atoms with Gasteiger partial charge in [0, 0.05) is 19.0 Å². The average molecular weight is 322 g/mol. The number of rotatable bonds is 6. The second-order valence-electron chi connectivity index (χ2n) is 7.37. The zero-order chi connectivity index (χ0) is 16.2. The summed E-state index contributed by atoms with van der Waals surface area (Å²) < 4.78 is 6.06. The Morgan fingerprint density at radius 1 is 1.09 bits per heavy atom. The van der Waals surface area contributed by atoms with Gasteiger partial charge in [0.25, 0.3) is 5.91 Å². The average Bonchev–Trinajstić information content (AvgIpc) is 2.46. The van der Waals surface area contributed by atoms with Crippen molar-refractivity contribution in [2.75, 3.05) is 13.1 Å². The van der Waals surface area contributed by atoms with Crippen molar-refractivity contribution in [3.8, 4) is 0 Å². The van der Waals surface area contributed by atoms with Gasteiger partial charge in [0.2, 0.25) is 5.91 Å². The number of carbonyl (C=O) groups excluding carboxylic acids is 2. The molecule has 1 atom stereocenters. The Hall–Kier alpha value is -1.10. The highest BCUT2D eigenvalue weighted by molar-refractivity contribution is 5.83. The van der Waals surface area contributed by atoms with Crippen molar-refractivity contribution in [2.24, 2.45) is 5.92 Å². The molecule has 3 rings (SSSR count). The summed E-state index contributed by atoms with van der Waals surface area (Å²) in [5.41, 5.74) is 0. The molecule has 0 aromatic rings. The van der Waals surface area contributed by atoms with Crippen LogP contribution in [0.1, 0.15) is 64.7 Å². The molecule has 3 fully saturated rings. The minimum Gasteiger partial charge on any atom is -0.365 e. The van der Waals surface area contributed by atoms with Gasteiger partial charge < -0.3 is 15.0 Å². The largest absolute Gasteiger partial charge is 0.365 e. The van der Waals surface area contributed by atoms with E-state index in [-0.39, 0.29) is 36.0 Å². The first-order valence-electron chi connectivity index (χ1n) is 9.42. The molecule has 5 nitrogen and oxygen atoms in total. The van der Waals surface area contributed by atoms with Crippen molar-refractivity contribution in [1.82, 2.24) is 10.2 Å². The molecule has 0 aromatic carbocycles. The SMILES string of the molecule is CCC(OC1CCCCC1)C(=O)N1CC(NC(=O)C2CCC2)C1. The molecule has 3 aliphatic rings. The van der Waals surface area contributed by atoms with Crippen LogP contribution in [0, 0.1) is 5.92 Å². The van der Waals surface area contributed by atoms with Crippen LogP contribution in [-0.2, 0) is 14.3 Å².